The van der Waals surface area contributed by atoms with Gasteiger partial charge < -0.3 is 15.4 Å². The number of ether oxygens (including phenoxy) is 1. The van der Waals surface area contributed by atoms with Gasteiger partial charge in [0.15, 0.2) is 5.96 Å². The number of guanidine groups is 1. The maximum absolute atomic E-state index is 5.90. The normalized spacial score (nSPS) is 31.0. The minimum atomic E-state index is 0. The molecule has 0 bridgehead atoms. The average molecular weight is 393 g/mol. The van der Waals surface area contributed by atoms with E-state index in [1.54, 1.807) is 0 Å². The predicted molar refractivity (Wildman–Crippen MR) is 92.8 cm³/mol. The fraction of sp³-hybridized carbons (Fsp3) is 0.933. The molecule has 20 heavy (non-hydrogen) atoms. The van der Waals surface area contributed by atoms with Gasteiger partial charge in [-0.2, -0.15) is 0 Å². The fourth-order valence-electron chi connectivity index (χ4n) is 3.52. The van der Waals surface area contributed by atoms with Crippen molar-refractivity contribution < 1.29 is 4.74 Å². The molecule has 0 radical (unpaired) electrons. The standard InChI is InChI=1S/C15H27N3O.HI/c1-3-16-14(17-11-6-7-11)18-12-10-13(19-4-2)15(12)8-5-9-15;/h11-13H,3-10H2,1-2H3,(H2,16,17,18);1H. The van der Waals surface area contributed by atoms with Crippen molar-refractivity contribution >= 4 is 29.9 Å². The molecule has 0 aliphatic heterocycles. The monoisotopic (exact) mass is 393 g/mol. The molecule has 2 unspecified atom stereocenters. The maximum atomic E-state index is 5.90. The lowest BCUT2D eigenvalue weighted by molar-refractivity contribution is -0.168. The summed E-state index contributed by atoms with van der Waals surface area (Å²) in [6.07, 6.45) is 8.20. The zero-order valence-electron chi connectivity index (χ0n) is 12.7. The summed E-state index contributed by atoms with van der Waals surface area (Å²) < 4.78 is 5.90. The van der Waals surface area contributed by atoms with Gasteiger partial charge >= 0.3 is 0 Å². The first-order valence-electron chi connectivity index (χ1n) is 7.97. The molecular weight excluding hydrogens is 365 g/mol. The Labute approximate surface area is 139 Å². The van der Waals surface area contributed by atoms with Gasteiger partial charge in [-0.3, -0.25) is 4.99 Å². The molecule has 3 aliphatic carbocycles. The van der Waals surface area contributed by atoms with Crippen molar-refractivity contribution in [2.75, 3.05) is 13.2 Å². The van der Waals surface area contributed by atoms with Crippen LogP contribution in [0.1, 0.15) is 52.4 Å². The molecule has 5 heteroatoms. The first kappa shape index (κ1) is 16.3. The van der Waals surface area contributed by atoms with E-state index < -0.39 is 0 Å². The third-order valence-electron chi connectivity index (χ3n) is 4.98. The SMILES string of the molecule is CCN=C(NC1CC1)NC1CC(OCC)C12CCC2.I. The van der Waals surface area contributed by atoms with E-state index in [9.17, 15) is 0 Å². The molecule has 116 valence electrons. The summed E-state index contributed by atoms with van der Waals surface area (Å²) in [4.78, 5) is 4.57. The van der Waals surface area contributed by atoms with Crippen molar-refractivity contribution in [2.24, 2.45) is 10.4 Å². The number of hydrogen-bond acceptors (Lipinski definition) is 2. The lowest BCUT2D eigenvalue weighted by atomic mass is 9.51. The van der Waals surface area contributed by atoms with Crippen LogP contribution >= 0.6 is 24.0 Å². The summed E-state index contributed by atoms with van der Waals surface area (Å²) in [7, 11) is 0. The molecule has 3 aliphatic rings. The third-order valence-corrected chi connectivity index (χ3v) is 4.98. The largest absolute Gasteiger partial charge is 0.378 e. The summed E-state index contributed by atoms with van der Waals surface area (Å²) in [6, 6.07) is 1.23. The van der Waals surface area contributed by atoms with Crippen molar-refractivity contribution in [1.29, 1.82) is 0 Å². The second kappa shape index (κ2) is 6.81. The second-order valence-corrected chi connectivity index (χ2v) is 6.20. The topological polar surface area (TPSA) is 45.7 Å². The van der Waals surface area contributed by atoms with E-state index in [1.165, 1.54) is 32.1 Å². The van der Waals surface area contributed by atoms with Crippen LogP contribution in [0.2, 0.25) is 0 Å². The minimum absolute atomic E-state index is 0. The number of rotatable bonds is 5. The van der Waals surface area contributed by atoms with E-state index >= 15 is 0 Å². The average Bonchev–Trinajstić information content (AvgIpc) is 3.09. The van der Waals surface area contributed by atoms with Crippen molar-refractivity contribution in [3.63, 3.8) is 0 Å². The number of nitrogens with one attached hydrogen (secondary N) is 2. The van der Waals surface area contributed by atoms with E-state index in [0.29, 0.717) is 23.6 Å². The van der Waals surface area contributed by atoms with E-state index in [0.717, 1.165) is 25.5 Å². The van der Waals surface area contributed by atoms with E-state index in [4.69, 9.17) is 4.74 Å². The van der Waals surface area contributed by atoms with E-state index in [2.05, 4.69) is 29.5 Å². The van der Waals surface area contributed by atoms with Gasteiger partial charge in [-0.15, -0.1) is 24.0 Å². The fourth-order valence-corrected chi connectivity index (χ4v) is 3.52. The molecule has 0 amide bonds. The lowest BCUT2D eigenvalue weighted by Gasteiger charge is -2.61. The molecule has 3 fully saturated rings. The molecule has 0 aromatic rings. The highest BCUT2D eigenvalue weighted by Gasteiger charge is 2.59. The Hall–Kier alpha value is -0.0400. The summed E-state index contributed by atoms with van der Waals surface area (Å²) in [5.74, 6) is 1.02. The van der Waals surface area contributed by atoms with Crippen LogP contribution in [0, 0.1) is 5.41 Å². The number of aliphatic imine (C=N–C) groups is 1. The molecule has 2 atom stereocenters. The molecule has 0 saturated heterocycles. The summed E-state index contributed by atoms with van der Waals surface area (Å²) in [5.41, 5.74) is 0.412. The minimum Gasteiger partial charge on any atom is -0.378 e. The van der Waals surface area contributed by atoms with Crippen molar-refractivity contribution in [1.82, 2.24) is 10.6 Å². The molecule has 4 nitrogen and oxygen atoms in total. The van der Waals surface area contributed by atoms with Gasteiger partial charge in [0.25, 0.3) is 0 Å². The van der Waals surface area contributed by atoms with Gasteiger partial charge in [-0.05, 0) is 46.0 Å². The van der Waals surface area contributed by atoms with Gasteiger partial charge in [0.2, 0.25) is 0 Å². The van der Waals surface area contributed by atoms with Gasteiger partial charge in [0.05, 0.1) is 6.10 Å². The third kappa shape index (κ3) is 3.08. The van der Waals surface area contributed by atoms with Crippen molar-refractivity contribution in [3.05, 3.63) is 0 Å². The Morgan fingerprint density at radius 1 is 1.25 bits per heavy atom. The summed E-state index contributed by atoms with van der Waals surface area (Å²) >= 11 is 0. The molecule has 0 heterocycles. The molecule has 0 aromatic carbocycles. The van der Waals surface area contributed by atoms with Crippen LogP contribution in [-0.2, 0) is 4.74 Å². The van der Waals surface area contributed by atoms with E-state index in [-0.39, 0.29) is 24.0 Å². The van der Waals surface area contributed by atoms with Crippen LogP contribution in [-0.4, -0.2) is 37.3 Å². The highest BCUT2D eigenvalue weighted by Crippen LogP contribution is 2.57. The number of nitrogens with zero attached hydrogens (tertiary/aromatic N) is 1. The Kier molecular flexibility index (Phi) is 5.56. The Morgan fingerprint density at radius 2 is 2.00 bits per heavy atom. The first-order valence-corrected chi connectivity index (χ1v) is 7.97. The Balaban J connectivity index is 0.00000147. The molecule has 0 aromatic heterocycles. The van der Waals surface area contributed by atoms with E-state index in [1.807, 2.05) is 0 Å². The molecule has 3 rings (SSSR count). The van der Waals surface area contributed by atoms with Crippen LogP contribution in [0.15, 0.2) is 4.99 Å². The van der Waals surface area contributed by atoms with Gasteiger partial charge in [0.1, 0.15) is 0 Å². The van der Waals surface area contributed by atoms with Crippen LogP contribution in [0.4, 0.5) is 0 Å². The van der Waals surface area contributed by atoms with Crippen molar-refractivity contribution in [3.8, 4) is 0 Å². The van der Waals surface area contributed by atoms with Crippen LogP contribution in [0.5, 0.6) is 0 Å². The van der Waals surface area contributed by atoms with Crippen LogP contribution in [0.3, 0.4) is 0 Å². The van der Waals surface area contributed by atoms with Gasteiger partial charge in [-0.1, -0.05) is 6.42 Å². The zero-order valence-corrected chi connectivity index (χ0v) is 15.0. The van der Waals surface area contributed by atoms with Crippen molar-refractivity contribution in [2.45, 2.75) is 70.6 Å². The quantitative estimate of drug-likeness (QED) is 0.429. The Morgan fingerprint density at radius 3 is 2.50 bits per heavy atom. The molecular formula is C15H28IN3O. The smallest absolute Gasteiger partial charge is 0.191 e. The number of hydrogen-bond donors (Lipinski definition) is 2. The Bertz CT molecular complexity index is 353. The summed E-state index contributed by atoms with van der Waals surface area (Å²) in [5, 5.41) is 7.19. The number of halogens is 1. The van der Waals surface area contributed by atoms with Crippen LogP contribution < -0.4 is 10.6 Å². The van der Waals surface area contributed by atoms with Crippen LogP contribution in [0.25, 0.3) is 0 Å². The first-order chi connectivity index (χ1) is 9.28. The summed E-state index contributed by atoms with van der Waals surface area (Å²) in [6.45, 7) is 5.89. The van der Waals surface area contributed by atoms with Gasteiger partial charge in [-0.25, -0.2) is 0 Å². The molecule has 2 N–H and O–H groups in total. The highest BCUT2D eigenvalue weighted by atomic mass is 127. The maximum Gasteiger partial charge on any atom is 0.191 e. The van der Waals surface area contributed by atoms with Gasteiger partial charge in [0, 0.05) is 30.7 Å². The highest BCUT2D eigenvalue weighted by molar-refractivity contribution is 14.0. The lowest BCUT2D eigenvalue weighted by Crippen LogP contribution is -2.68. The molecule has 3 saturated carbocycles. The molecule has 1 spiro atoms. The zero-order chi connectivity index (χ0) is 13.3. The predicted octanol–water partition coefficient (Wildman–Crippen LogP) is 2.67. The second-order valence-electron chi connectivity index (χ2n) is 6.20.